The summed E-state index contributed by atoms with van der Waals surface area (Å²) >= 11 is 0. The minimum absolute atomic E-state index is 0.368. The van der Waals surface area contributed by atoms with Gasteiger partial charge in [0.15, 0.2) is 0 Å². The summed E-state index contributed by atoms with van der Waals surface area (Å²) < 4.78 is 5.09. The van der Waals surface area contributed by atoms with E-state index in [1.807, 2.05) is 0 Å². The average molecular weight is 228 g/mol. The topological polar surface area (TPSA) is 38.5 Å². The summed E-state index contributed by atoms with van der Waals surface area (Å²) in [6, 6.07) is 0.949. The highest BCUT2D eigenvalue weighted by Gasteiger charge is 2.22. The number of hydrogen-bond donors (Lipinski definition) is 1. The zero-order valence-corrected chi connectivity index (χ0v) is 11.0. The van der Waals surface area contributed by atoms with Crippen LogP contribution in [0.25, 0.3) is 0 Å². The first-order chi connectivity index (χ1) is 7.75. The van der Waals surface area contributed by atoms with Gasteiger partial charge >= 0.3 is 0 Å². The molecule has 0 aliphatic heterocycles. The molecule has 16 heavy (non-hydrogen) atoms. The van der Waals surface area contributed by atoms with E-state index in [4.69, 9.17) is 10.5 Å². The number of rotatable bonds is 5. The van der Waals surface area contributed by atoms with Gasteiger partial charge < -0.3 is 15.4 Å². The molecule has 2 N–H and O–H groups in total. The zero-order chi connectivity index (χ0) is 11.8. The fourth-order valence-electron chi connectivity index (χ4n) is 2.66. The molecule has 0 bridgehead atoms. The van der Waals surface area contributed by atoms with Crippen LogP contribution < -0.4 is 5.73 Å². The first-order valence-electron chi connectivity index (χ1n) is 6.70. The van der Waals surface area contributed by atoms with Crippen LogP contribution in [0, 0.1) is 0 Å². The van der Waals surface area contributed by atoms with Gasteiger partial charge in [-0.05, 0) is 26.3 Å². The molecule has 2 atom stereocenters. The molecule has 96 valence electrons. The zero-order valence-electron chi connectivity index (χ0n) is 11.0. The summed E-state index contributed by atoms with van der Waals surface area (Å²) in [5.74, 6) is 0. The van der Waals surface area contributed by atoms with Gasteiger partial charge in [-0.15, -0.1) is 0 Å². The molecule has 0 aromatic heterocycles. The van der Waals surface area contributed by atoms with Crippen molar-refractivity contribution in [3.05, 3.63) is 0 Å². The fourth-order valence-corrected chi connectivity index (χ4v) is 2.66. The largest absolute Gasteiger partial charge is 0.385 e. The maximum Gasteiger partial charge on any atom is 0.0474 e. The minimum Gasteiger partial charge on any atom is -0.385 e. The molecular weight excluding hydrogens is 200 g/mol. The van der Waals surface area contributed by atoms with Crippen LogP contribution in [0.4, 0.5) is 0 Å². The molecule has 1 saturated carbocycles. The Hall–Kier alpha value is -0.120. The lowest BCUT2D eigenvalue weighted by molar-refractivity contribution is 0.145. The SMILES string of the molecule is COCCCN(C)C1CCCCCCC1N. The second kappa shape index (κ2) is 8.04. The number of ether oxygens (including phenoxy) is 1. The van der Waals surface area contributed by atoms with Crippen molar-refractivity contribution in [1.82, 2.24) is 4.90 Å². The lowest BCUT2D eigenvalue weighted by Gasteiger charge is -2.34. The molecule has 1 rings (SSSR count). The number of nitrogens with two attached hydrogens (primary N) is 1. The van der Waals surface area contributed by atoms with Crippen molar-refractivity contribution in [3.8, 4) is 0 Å². The third kappa shape index (κ3) is 4.81. The van der Waals surface area contributed by atoms with Gasteiger partial charge in [0, 0.05) is 32.3 Å². The lowest BCUT2D eigenvalue weighted by atomic mass is 9.92. The molecule has 0 heterocycles. The smallest absolute Gasteiger partial charge is 0.0474 e. The molecule has 3 nitrogen and oxygen atoms in total. The fraction of sp³-hybridized carbons (Fsp3) is 1.00. The van der Waals surface area contributed by atoms with Gasteiger partial charge in [-0.2, -0.15) is 0 Å². The van der Waals surface area contributed by atoms with Gasteiger partial charge in [-0.25, -0.2) is 0 Å². The van der Waals surface area contributed by atoms with E-state index in [-0.39, 0.29) is 0 Å². The van der Waals surface area contributed by atoms with E-state index in [1.54, 1.807) is 7.11 Å². The number of nitrogens with zero attached hydrogens (tertiary/aromatic N) is 1. The van der Waals surface area contributed by atoms with Crippen molar-refractivity contribution in [2.45, 2.75) is 57.0 Å². The van der Waals surface area contributed by atoms with Gasteiger partial charge in [0.25, 0.3) is 0 Å². The summed E-state index contributed by atoms with van der Waals surface area (Å²) in [6.45, 7) is 1.96. The van der Waals surface area contributed by atoms with Gasteiger partial charge in [-0.1, -0.05) is 25.7 Å². The lowest BCUT2D eigenvalue weighted by Crippen LogP contribution is -2.47. The Balaban J connectivity index is 2.33. The Morgan fingerprint density at radius 2 is 1.88 bits per heavy atom. The van der Waals surface area contributed by atoms with Crippen LogP contribution >= 0.6 is 0 Å². The third-order valence-corrected chi connectivity index (χ3v) is 3.71. The molecule has 2 unspecified atom stereocenters. The van der Waals surface area contributed by atoms with Crippen LogP contribution in [-0.4, -0.2) is 44.3 Å². The first-order valence-corrected chi connectivity index (χ1v) is 6.70. The summed E-state index contributed by atoms with van der Waals surface area (Å²) in [5, 5.41) is 0. The van der Waals surface area contributed by atoms with E-state index in [1.165, 1.54) is 38.5 Å². The second-order valence-corrected chi connectivity index (χ2v) is 5.05. The summed E-state index contributed by atoms with van der Waals surface area (Å²) in [7, 11) is 3.98. The molecule has 0 radical (unpaired) electrons. The molecule has 0 spiro atoms. The monoisotopic (exact) mass is 228 g/mol. The van der Waals surface area contributed by atoms with Crippen molar-refractivity contribution >= 4 is 0 Å². The van der Waals surface area contributed by atoms with Crippen LogP contribution in [0.2, 0.25) is 0 Å². The van der Waals surface area contributed by atoms with Crippen molar-refractivity contribution < 1.29 is 4.74 Å². The molecule has 3 heteroatoms. The van der Waals surface area contributed by atoms with E-state index in [2.05, 4.69) is 11.9 Å². The highest BCUT2D eigenvalue weighted by atomic mass is 16.5. The van der Waals surface area contributed by atoms with Crippen LogP contribution in [0.15, 0.2) is 0 Å². The van der Waals surface area contributed by atoms with E-state index >= 15 is 0 Å². The van der Waals surface area contributed by atoms with Gasteiger partial charge in [0.05, 0.1) is 0 Å². The average Bonchev–Trinajstić information content (AvgIpc) is 2.24. The molecule has 0 aromatic rings. The highest BCUT2D eigenvalue weighted by molar-refractivity contribution is 4.82. The number of methoxy groups -OCH3 is 1. The quantitative estimate of drug-likeness (QED) is 0.732. The Labute approximate surface area is 100 Å². The Kier molecular flexibility index (Phi) is 7.01. The van der Waals surface area contributed by atoms with E-state index in [9.17, 15) is 0 Å². The van der Waals surface area contributed by atoms with Crippen LogP contribution in [0.5, 0.6) is 0 Å². The van der Waals surface area contributed by atoms with E-state index in [0.717, 1.165) is 19.6 Å². The minimum atomic E-state index is 0.368. The van der Waals surface area contributed by atoms with Crippen molar-refractivity contribution in [2.75, 3.05) is 27.3 Å². The molecular formula is C13H28N2O. The molecule has 1 fully saturated rings. The van der Waals surface area contributed by atoms with Gasteiger partial charge in [-0.3, -0.25) is 0 Å². The third-order valence-electron chi connectivity index (χ3n) is 3.71. The summed E-state index contributed by atoms with van der Waals surface area (Å²) in [5.41, 5.74) is 6.28. The Bertz CT molecular complexity index is 175. The molecule has 0 amide bonds. The second-order valence-electron chi connectivity index (χ2n) is 5.05. The molecule has 0 saturated heterocycles. The van der Waals surface area contributed by atoms with Crippen molar-refractivity contribution in [3.63, 3.8) is 0 Å². The highest BCUT2D eigenvalue weighted by Crippen LogP contribution is 2.20. The standard InChI is InChI=1S/C13H28N2O/c1-15(10-7-11-16-2)13-9-6-4-3-5-8-12(13)14/h12-13H,3-11,14H2,1-2H3. The van der Waals surface area contributed by atoms with Crippen LogP contribution in [0.1, 0.15) is 44.9 Å². The van der Waals surface area contributed by atoms with Crippen molar-refractivity contribution in [2.24, 2.45) is 5.73 Å². The van der Waals surface area contributed by atoms with Gasteiger partial charge in [0.1, 0.15) is 0 Å². The molecule has 1 aliphatic rings. The van der Waals surface area contributed by atoms with Crippen LogP contribution in [0.3, 0.4) is 0 Å². The summed E-state index contributed by atoms with van der Waals surface area (Å²) in [6.07, 6.45) is 8.97. The van der Waals surface area contributed by atoms with Crippen molar-refractivity contribution in [1.29, 1.82) is 0 Å². The maximum absolute atomic E-state index is 6.28. The normalized spacial score (nSPS) is 27.8. The number of hydrogen-bond acceptors (Lipinski definition) is 3. The summed E-state index contributed by atoms with van der Waals surface area (Å²) in [4.78, 5) is 2.44. The van der Waals surface area contributed by atoms with Gasteiger partial charge in [0.2, 0.25) is 0 Å². The Morgan fingerprint density at radius 3 is 2.56 bits per heavy atom. The predicted octanol–water partition coefficient (Wildman–Crippen LogP) is 2.00. The first kappa shape index (κ1) is 13.9. The van der Waals surface area contributed by atoms with E-state index in [0.29, 0.717) is 12.1 Å². The Morgan fingerprint density at radius 1 is 1.19 bits per heavy atom. The predicted molar refractivity (Wildman–Crippen MR) is 68.6 cm³/mol. The molecule has 1 aliphatic carbocycles. The number of likely N-dealkylation sites (N-methyl/N-ethyl adjacent to an activating group) is 1. The maximum atomic E-state index is 6.28. The van der Waals surface area contributed by atoms with Crippen LogP contribution in [-0.2, 0) is 4.74 Å². The molecule has 0 aromatic carbocycles. The van der Waals surface area contributed by atoms with E-state index < -0.39 is 0 Å².